The standard InChI is InChI=1S/C9H16N4/c1-9(2)7-6(5-12(9)3)8(10)11-13(7)4/h5H2,1-4H3,(H2,10,11). The smallest absolute Gasteiger partial charge is 0.150 e. The Kier molecular flexibility index (Phi) is 1.49. The van der Waals surface area contributed by atoms with Crippen molar-refractivity contribution in [3.63, 3.8) is 0 Å². The van der Waals surface area contributed by atoms with Crippen LogP contribution >= 0.6 is 0 Å². The second-order valence-electron chi connectivity index (χ2n) is 4.25. The summed E-state index contributed by atoms with van der Waals surface area (Å²) < 4.78 is 1.90. The minimum absolute atomic E-state index is 0.0503. The molecule has 1 aliphatic heterocycles. The molecule has 13 heavy (non-hydrogen) atoms. The molecule has 2 heterocycles. The quantitative estimate of drug-likeness (QED) is 0.638. The first-order chi connectivity index (χ1) is 5.94. The van der Waals surface area contributed by atoms with Crippen LogP contribution in [0.1, 0.15) is 25.1 Å². The fourth-order valence-electron chi connectivity index (χ4n) is 2.13. The second-order valence-corrected chi connectivity index (χ2v) is 4.25. The molecule has 0 aliphatic carbocycles. The van der Waals surface area contributed by atoms with E-state index in [1.165, 1.54) is 11.3 Å². The SMILES string of the molecule is CN1Cc2c(N)nn(C)c2C1(C)C. The van der Waals surface area contributed by atoms with Crippen molar-refractivity contribution in [3.05, 3.63) is 11.3 Å². The number of aryl methyl sites for hydroxylation is 1. The van der Waals surface area contributed by atoms with Crippen molar-refractivity contribution in [1.29, 1.82) is 0 Å². The van der Waals surface area contributed by atoms with E-state index < -0.39 is 0 Å². The molecule has 0 saturated heterocycles. The Morgan fingerprint density at radius 2 is 2.00 bits per heavy atom. The summed E-state index contributed by atoms with van der Waals surface area (Å²) in [6.07, 6.45) is 0. The average Bonchev–Trinajstić information content (AvgIpc) is 2.38. The Morgan fingerprint density at radius 3 is 2.54 bits per heavy atom. The average molecular weight is 180 g/mol. The maximum Gasteiger partial charge on any atom is 0.150 e. The molecule has 0 bridgehead atoms. The van der Waals surface area contributed by atoms with Gasteiger partial charge in [-0.3, -0.25) is 9.58 Å². The molecular formula is C9H16N4. The van der Waals surface area contributed by atoms with Gasteiger partial charge in [0.2, 0.25) is 0 Å². The molecule has 0 radical (unpaired) electrons. The zero-order chi connectivity index (χ0) is 9.80. The summed E-state index contributed by atoms with van der Waals surface area (Å²) in [5, 5.41) is 4.23. The first-order valence-corrected chi connectivity index (χ1v) is 4.47. The molecule has 0 atom stereocenters. The highest BCUT2D eigenvalue weighted by atomic mass is 15.3. The van der Waals surface area contributed by atoms with Gasteiger partial charge in [-0.2, -0.15) is 5.10 Å². The number of rotatable bonds is 0. The second kappa shape index (κ2) is 2.26. The summed E-state index contributed by atoms with van der Waals surface area (Å²) in [7, 11) is 4.07. The van der Waals surface area contributed by atoms with Crippen molar-refractivity contribution in [3.8, 4) is 0 Å². The van der Waals surface area contributed by atoms with Crippen LogP contribution in [0.15, 0.2) is 0 Å². The third-order valence-electron chi connectivity index (χ3n) is 3.11. The van der Waals surface area contributed by atoms with Crippen molar-refractivity contribution < 1.29 is 0 Å². The Labute approximate surface area is 78.3 Å². The van der Waals surface area contributed by atoms with Crippen LogP contribution in [-0.4, -0.2) is 21.7 Å². The predicted octanol–water partition coefficient (Wildman–Crippen LogP) is 0.683. The number of nitrogen functional groups attached to an aromatic ring is 1. The summed E-state index contributed by atoms with van der Waals surface area (Å²) in [6, 6.07) is 0. The molecule has 72 valence electrons. The third-order valence-corrected chi connectivity index (χ3v) is 3.11. The molecule has 2 rings (SSSR count). The van der Waals surface area contributed by atoms with E-state index >= 15 is 0 Å². The van der Waals surface area contributed by atoms with Crippen molar-refractivity contribution in [2.24, 2.45) is 7.05 Å². The van der Waals surface area contributed by atoms with Gasteiger partial charge in [-0.05, 0) is 20.9 Å². The Morgan fingerprint density at radius 1 is 1.38 bits per heavy atom. The minimum atomic E-state index is 0.0503. The molecule has 0 fully saturated rings. The number of fused-ring (bicyclic) bond motifs is 1. The molecule has 0 amide bonds. The molecule has 2 N–H and O–H groups in total. The summed E-state index contributed by atoms with van der Waals surface area (Å²) in [6.45, 7) is 5.29. The van der Waals surface area contributed by atoms with E-state index in [-0.39, 0.29) is 5.54 Å². The summed E-state index contributed by atoms with van der Waals surface area (Å²) in [5.41, 5.74) is 8.30. The number of hydrogen-bond acceptors (Lipinski definition) is 3. The molecule has 0 aromatic carbocycles. The van der Waals surface area contributed by atoms with E-state index in [1.807, 2.05) is 11.7 Å². The molecule has 1 aromatic heterocycles. The fourth-order valence-corrected chi connectivity index (χ4v) is 2.13. The maximum absolute atomic E-state index is 5.82. The largest absolute Gasteiger partial charge is 0.382 e. The van der Waals surface area contributed by atoms with Gasteiger partial charge in [-0.25, -0.2) is 0 Å². The zero-order valence-corrected chi connectivity index (χ0v) is 8.63. The fraction of sp³-hybridized carbons (Fsp3) is 0.667. The minimum Gasteiger partial charge on any atom is -0.382 e. The van der Waals surface area contributed by atoms with Gasteiger partial charge in [0.1, 0.15) is 5.82 Å². The lowest BCUT2D eigenvalue weighted by Crippen LogP contribution is -2.33. The first-order valence-electron chi connectivity index (χ1n) is 4.47. The van der Waals surface area contributed by atoms with Crippen molar-refractivity contribution in [1.82, 2.24) is 14.7 Å². The van der Waals surface area contributed by atoms with Crippen molar-refractivity contribution in [2.45, 2.75) is 25.9 Å². The number of nitrogens with two attached hydrogens (primary N) is 1. The van der Waals surface area contributed by atoms with E-state index in [1.54, 1.807) is 0 Å². The van der Waals surface area contributed by atoms with Crippen LogP contribution in [-0.2, 0) is 19.1 Å². The highest BCUT2D eigenvalue weighted by Gasteiger charge is 2.39. The van der Waals surface area contributed by atoms with Gasteiger partial charge >= 0.3 is 0 Å². The molecule has 1 aromatic rings. The maximum atomic E-state index is 5.82. The molecule has 4 heteroatoms. The van der Waals surface area contributed by atoms with E-state index in [4.69, 9.17) is 5.73 Å². The monoisotopic (exact) mass is 180 g/mol. The lowest BCUT2D eigenvalue weighted by Gasteiger charge is -2.28. The predicted molar refractivity (Wildman–Crippen MR) is 52.1 cm³/mol. The first kappa shape index (κ1) is 8.56. The Balaban J connectivity index is 2.64. The van der Waals surface area contributed by atoms with Crippen LogP contribution < -0.4 is 5.73 Å². The number of nitrogens with zero attached hydrogens (tertiary/aromatic N) is 3. The topological polar surface area (TPSA) is 47.1 Å². The van der Waals surface area contributed by atoms with E-state index in [2.05, 4.69) is 30.9 Å². The summed E-state index contributed by atoms with van der Waals surface area (Å²) in [4.78, 5) is 2.29. The van der Waals surface area contributed by atoms with Crippen LogP contribution in [0, 0.1) is 0 Å². The number of anilines is 1. The molecule has 0 saturated carbocycles. The van der Waals surface area contributed by atoms with Crippen LogP contribution in [0.25, 0.3) is 0 Å². The van der Waals surface area contributed by atoms with E-state index in [0.717, 1.165) is 6.54 Å². The number of hydrogen-bond donors (Lipinski definition) is 1. The van der Waals surface area contributed by atoms with Gasteiger partial charge in [-0.1, -0.05) is 0 Å². The van der Waals surface area contributed by atoms with Crippen LogP contribution in [0.2, 0.25) is 0 Å². The van der Waals surface area contributed by atoms with Gasteiger partial charge in [0.15, 0.2) is 0 Å². The third kappa shape index (κ3) is 0.920. The normalized spacial score (nSPS) is 20.6. The Hall–Kier alpha value is -1.03. The molecule has 4 nitrogen and oxygen atoms in total. The molecule has 1 aliphatic rings. The van der Waals surface area contributed by atoms with Gasteiger partial charge in [-0.15, -0.1) is 0 Å². The highest BCUT2D eigenvalue weighted by molar-refractivity contribution is 5.47. The van der Waals surface area contributed by atoms with Crippen LogP contribution in [0.4, 0.5) is 5.82 Å². The summed E-state index contributed by atoms with van der Waals surface area (Å²) >= 11 is 0. The Bertz CT molecular complexity index is 351. The number of aromatic nitrogens is 2. The molecular weight excluding hydrogens is 164 g/mol. The van der Waals surface area contributed by atoms with Crippen molar-refractivity contribution in [2.75, 3.05) is 12.8 Å². The molecule has 0 unspecified atom stereocenters. The van der Waals surface area contributed by atoms with Gasteiger partial charge in [0.05, 0.1) is 11.2 Å². The molecule has 0 spiro atoms. The zero-order valence-electron chi connectivity index (χ0n) is 8.63. The van der Waals surface area contributed by atoms with Crippen LogP contribution in [0.3, 0.4) is 0 Å². The van der Waals surface area contributed by atoms with Gasteiger partial charge < -0.3 is 5.73 Å². The van der Waals surface area contributed by atoms with E-state index in [9.17, 15) is 0 Å². The van der Waals surface area contributed by atoms with Gasteiger partial charge in [0.25, 0.3) is 0 Å². The summed E-state index contributed by atoms with van der Waals surface area (Å²) in [5.74, 6) is 0.676. The lowest BCUT2D eigenvalue weighted by atomic mass is 10.0. The van der Waals surface area contributed by atoms with E-state index in [0.29, 0.717) is 5.82 Å². The van der Waals surface area contributed by atoms with Crippen molar-refractivity contribution >= 4 is 5.82 Å². The lowest BCUT2D eigenvalue weighted by molar-refractivity contribution is 0.169. The van der Waals surface area contributed by atoms with Gasteiger partial charge in [0, 0.05) is 19.2 Å². The van der Waals surface area contributed by atoms with Crippen LogP contribution in [0.5, 0.6) is 0 Å². The highest BCUT2D eigenvalue weighted by Crippen LogP contribution is 2.39.